The van der Waals surface area contributed by atoms with Gasteiger partial charge in [-0.3, -0.25) is 0 Å². The summed E-state index contributed by atoms with van der Waals surface area (Å²) >= 11 is 1.66. The van der Waals surface area contributed by atoms with E-state index in [9.17, 15) is 0 Å². The fraction of sp³-hybridized carbons (Fsp3) is 0.571. The van der Waals surface area contributed by atoms with Gasteiger partial charge >= 0.3 is 0 Å². The van der Waals surface area contributed by atoms with Crippen LogP contribution in [0.5, 0.6) is 11.5 Å². The van der Waals surface area contributed by atoms with Crippen molar-refractivity contribution in [1.82, 2.24) is 0 Å². The van der Waals surface area contributed by atoms with Crippen LogP contribution in [-0.4, -0.2) is 27.0 Å². The summed E-state index contributed by atoms with van der Waals surface area (Å²) in [6.07, 6.45) is 5.60. The molecule has 4 heteroatoms. The summed E-state index contributed by atoms with van der Waals surface area (Å²) < 4.78 is 11.0. The predicted octanol–water partition coefficient (Wildman–Crippen LogP) is 2.81. The molecule has 1 fully saturated rings. The molecule has 2 rings (SSSR count). The quantitative estimate of drug-likeness (QED) is 0.833. The number of hydrogen-bond donors (Lipinski definition) is 1. The second-order valence-electron chi connectivity index (χ2n) is 4.72. The van der Waals surface area contributed by atoms with E-state index in [2.05, 4.69) is 6.07 Å². The maximum atomic E-state index is 5.99. The molecule has 0 amide bonds. The van der Waals surface area contributed by atoms with Gasteiger partial charge in [-0.25, -0.2) is 0 Å². The van der Waals surface area contributed by atoms with Crippen LogP contribution in [0.3, 0.4) is 0 Å². The molecule has 1 aromatic carbocycles. The largest absolute Gasteiger partial charge is 0.495 e. The number of methoxy groups -OCH3 is 2. The number of nitrogens with two attached hydrogens (primary N) is 1. The summed E-state index contributed by atoms with van der Waals surface area (Å²) in [4.78, 5) is 1.07. The number of ether oxygens (including phenoxy) is 2. The summed E-state index contributed by atoms with van der Waals surface area (Å²) in [5.41, 5.74) is 7.35. The Morgan fingerprint density at radius 3 is 2.39 bits per heavy atom. The Hall–Kier alpha value is -0.870. The van der Waals surface area contributed by atoms with Crippen LogP contribution in [0.15, 0.2) is 17.0 Å². The van der Waals surface area contributed by atoms with Gasteiger partial charge in [-0.15, -0.1) is 11.8 Å². The lowest BCUT2D eigenvalue weighted by atomic mass is 9.64. The van der Waals surface area contributed by atoms with Crippen LogP contribution >= 0.6 is 11.8 Å². The van der Waals surface area contributed by atoms with Gasteiger partial charge < -0.3 is 15.2 Å². The van der Waals surface area contributed by atoms with Gasteiger partial charge in [-0.2, -0.15) is 0 Å². The minimum absolute atomic E-state index is 0.113. The minimum atomic E-state index is 0.113. The molecule has 2 N–H and O–H groups in total. The highest BCUT2D eigenvalue weighted by molar-refractivity contribution is 7.98. The molecule has 18 heavy (non-hydrogen) atoms. The van der Waals surface area contributed by atoms with Gasteiger partial charge in [0, 0.05) is 17.5 Å². The van der Waals surface area contributed by atoms with Crippen molar-refractivity contribution in [3.8, 4) is 11.5 Å². The van der Waals surface area contributed by atoms with Crippen molar-refractivity contribution < 1.29 is 9.47 Å². The minimum Gasteiger partial charge on any atom is -0.495 e. The van der Waals surface area contributed by atoms with Crippen molar-refractivity contribution in [3.05, 3.63) is 17.7 Å². The van der Waals surface area contributed by atoms with Crippen molar-refractivity contribution in [2.24, 2.45) is 5.73 Å². The second-order valence-corrected chi connectivity index (χ2v) is 5.54. The molecule has 3 nitrogen and oxygen atoms in total. The first-order chi connectivity index (χ1) is 8.72. The van der Waals surface area contributed by atoms with Crippen LogP contribution in [-0.2, 0) is 5.41 Å². The molecule has 1 aromatic rings. The van der Waals surface area contributed by atoms with Gasteiger partial charge in [0.2, 0.25) is 0 Å². The molecule has 0 saturated heterocycles. The molecule has 1 aliphatic rings. The second kappa shape index (κ2) is 5.41. The molecule has 0 heterocycles. The molecule has 0 bridgehead atoms. The fourth-order valence-electron chi connectivity index (χ4n) is 2.71. The van der Waals surface area contributed by atoms with Crippen molar-refractivity contribution >= 4 is 11.8 Å². The summed E-state index contributed by atoms with van der Waals surface area (Å²) in [5.74, 6) is 1.81. The maximum absolute atomic E-state index is 5.99. The summed E-state index contributed by atoms with van der Waals surface area (Å²) in [6, 6.07) is 4.14. The normalized spacial score (nSPS) is 17.1. The molecule has 1 aliphatic carbocycles. The lowest BCUT2D eigenvalue weighted by Crippen LogP contribution is -2.41. The van der Waals surface area contributed by atoms with Gasteiger partial charge in [-0.05, 0) is 25.2 Å². The van der Waals surface area contributed by atoms with Crippen molar-refractivity contribution in [3.63, 3.8) is 0 Å². The molecular weight excluding hydrogens is 246 g/mol. The summed E-state index contributed by atoms with van der Waals surface area (Å²) in [5, 5.41) is 0. The summed E-state index contributed by atoms with van der Waals surface area (Å²) in [6.45, 7) is 0.684. The molecule has 1 saturated carbocycles. The molecular formula is C14H21NO2S. The van der Waals surface area contributed by atoms with E-state index >= 15 is 0 Å². The topological polar surface area (TPSA) is 44.5 Å². The van der Waals surface area contributed by atoms with Crippen LogP contribution < -0.4 is 15.2 Å². The number of hydrogen-bond acceptors (Lipinski definition) is 4. The highest BCUT2D eigenvalue weighted by Crippen LogP contribution is 2.50. The van der Waals surface area contributed by atoms with Crippen LogP contribution in [0.2, 0.25) is 0 Å². The molecule has 0 atom stereocenters. The Balaban J connectivity index is 2.54. The molecule has 0 aromatic heterocycles. The molecule has 0 aliphatic heterocycles. The SMILES string of the molecule is COc1ccc(C2(CN)CCC2)c(OC)c1SC. The van der Waals surface area contributed by atoms with Crippen LogP contribution in [0.4, 0.5) is 0 Å². The average molecular weight is 267 g/mol. The average Bonchev–Trinajstić information content (AvgIpc) is 2.37. The van der Waals surface area contributed by atoms with E-state index in [0.717, 1.165) is 29.2 Å². The zero-order valence-electron chi connectivity index (χ0n) is 11.3. The number of benzene rings is 1. The zero-order valence-corrected chi connectivity index (χ0v) is 12.1. The van der Waals surface area contributed by atoms with E-state index < -0.39 is 0 Å². The van der Waals surface area contributed by atoms with E-state index in [1.54, 1.807) is 26.0 Å². The molecule has 0 unspecified atom stereocenters. The Morgan fingerprint density at radius 1 is 1.28 bits per heavy atom. The third kappa shape index (κ3) is 1.97. The Labute approximate surface area is 113 Å². The first kappa shape index (κ1) is 13.6. The van der Waals surface area contributed by atoms with Gasteiger partial charge in [0.15, 0.2) is 0 Å². The van der Waals surface area contributed by atoms with Gasteiger partial charge in [0.25, 0.3) is 0 Å². The van der Waals surface area contributed by atoms with E-state index in [-0.39, 0.29) is 5.41 Å². The standard InChI is InChI=1S/C14H21NO2S/c1-16-11-6-5-10(12(17-2)13(11)18-3)14(9-15)7-4-8-14/h5-6H,4,7-9,15H2,1-3H3. The molecule has 100 valence electrons. The maximum Gasteiger partial charge on any atom is 0.139 e. The Kier molecular flexibility index (Phi) is 4.07. The number of thioether (sulfide) groups is 1. The van der Waals surface area contributed by atoms with Gasteiger partial charge in [-0.1, -0.05) is 12.5 Å². The monoisotopic (exact) mass is 267 g/mol. The van der Waals surface area contributed by atoms with Crippen LogP contribution in [0.1, 0.15) is 24.8 Å². The Bertz CT molecular complexity index is 425. The smallest absolute Gasteiger partial charge is 0.139 e. The van der Waals surface area contributed by atoms with Gasteiger partial charge in [0.05, 0.1) is 19.1 Å². The first-order valence-corrected chi connectivity index (χ1v) is 7.44. The molecule has 0 spiro atoms. The third-order valence-corrected chi connectivity index (χ3v) is 4.77. The number of rotatable bonds is 5. The lowest BCUT2D eigenvalue weighted by Gasteiger charge is -2.42. The van der Waals surface area contributed by atoms with Crippen molar-refractivity contribution in [2.75, 3.05) is 27.0 Å². The highest BCUT2D eigenvalue weighted by Gasteiger charge is 2.40. The van der Waals surface area contributed by atoms with E-state index in [1.165, 1.54) is 12.0 Å². The summed E-state index contributed by atoms with van der Waals surface area (Å²) in [7, 11) is 3.41. The van der Waals surface area contributed by atoms with E-state index in [1.807, 2.05) is 12.3 Å². The first-order valence-electron chi connectivity index (χ1n) is 6.22. The zero-order chi connectivity index (χ0) is 13.2. The van der Waals surface area contributed by atoms with Crippen molar-refractivity contribution in [1.29, 1.82) is 0 Å². The van der Waals surface area contributed by atoms with E-state index in [0.29, 0.717) is 6.54 Å². The highest BCUT2D eigenvalue weighted by atomic mass is 32.2. The van der Waals surface area contributed by atoms with Crippen molar-refractivity contribution in [2.45, 2.75) is 29.6 Å². The molecule has 0 radical (unpaired) electrons. The Morgan fingerprint density at radius 2 is 2.00 bits per heavy atom. The fourth-order valence-corrected chi connectivity index (χ4v) is 3.44. The van der Waals surface area contributed by atoms with Crippen LogP contribution in [0, 0.1) is 0 Å². The third-order valence-electron chi connectivity index (χ3n) is 3.98. The lowest BCUT2D eigenvalue weighted by molar-refractivity contribution is 0.241. The predicted molar refractivity (Wildman–Crippen MR) is 75.9 cm³/mol. The van der Waals surface area contributed by atoms with E-state index in [4.69, 9.17) is 15.2 Å². The van der Waals surface area contributed by atoms with Crippen LogP contribution in [0.25, 0.3) is 0 Å². The van der Waals surface area contributed by atoms with Gasteiger partial charge in [0.1, 0.15) is 11.5 Å².